The van der Waals surface area contributed by atoms with Gasteiger partial charge in [-0.15, -0.1) is 0 Å². The summed E-state index contributed by atoms with van der Waals surface area (Å²) in [6, 6.07) is 3.68. The van der Waals surface area contributed by atoms with E-state index in [9.17, 15) is 0 Å². The molecule has 0 aliphatic rings. The fourth-order valence-corrected chi connectivity index (χ4v) is 1.05. The van der Waals surface area contributed by atoms with Gasteiger partial charge in [0.25, 0.3) is 0 Å². The quantitative estimate of drug-likeness (QED) is 0.795. The Hall–Kier alpha value is -2.42. The van der Waals surface area contributed by atoms with Crippen LogP contribution < -0.4 is 5.32 Å². The van der Waals surface area contributed by atoms with Crippen LogP contribution in [0.25, 0.3) is 0 Å². The van der Waals surface area contributed by atoms with E-state index in [1.807, 2.05) is 6.07 Å². The summed E-state index contributed by atoms with van der Waals surface area (Å²) in [6.45, 7) is 0.448. The van der Waals surface area contributed by atoms with E-state index in [0.717, 1.165) is 5.69 Å². The van der Waals surface area contributed by atoms with E-state index in [1.165, 1.54) is 18.7 Å². The first-order valence-electron chi connectivity index (χ1n) is 4.24. The summed E-state index contributed by atoms with van der Waals surface area (Å²) in [7, 11) is 0. The van der Waals surface area contributed by atoms with Crippen molar-refractivity contribution in [3.63, 3.8) is 0 Å². The van der Waals surface area contributed by atoms with Crippen LogP contribution in [0.1, 0.15) is 11.4 Å². The maximum atomic E-state index is 8.75. The zero-order chi connectivity index (χ0) is 10.5. The Morgan fingerprint density at radius 3 is 3.00 bits per heavy atom. The summed E-state index contributed by atoms with van der Waals surface area (Å²) in [4.78, 5) is 7.86. The van der Waals surface area contributed by atoms with Gasteiger partial charge >= 0.3 is 0 Å². The van der Waals surface area contributed by atoms with Gasteiger partial charge in [-0.2, -0.15) is 5.26 Å². The SMILES string of the molecule is N#Cc1nccnc1NCc1ccon1. The molecule has 0 saturated carbocycles. The third-order valence-electron chi connectivity index (χ3n) is 1.73. The topological polar surface area (TPSA) is 87.6 Å². The molecule has 0 amide bonds. The lowest BCUT2D eigenvalue weighted by Gasteiger charge is -2.02. The van der Waals surface area contributed by atoms with Crippen molar-refractivity contribution in [1.29, 1.82) is 5.26 Å². The van der Waals surface area contributed by atoms with E-state index in [2.05, 4.69) is 25.0 Å². The maximum absolute atomic E-state index is 8.75. The maximum Gasteiger partial charge on any atom is 0.182 e. The van der Waals surface area contributed by atoms with Crippen molar-refractivity contribution in [2.45, 2.75) is 6.54 Å². The van der Waals surface area contributed by atoms with Crippen molar-refractivity contribution >= 4 is 5.82 Å². The normalized spacial score (nSPS) is 9.53. The number of nitrogens with one attached hydrogen (secondary N) is 1. The number of nitrogens with zero attached hydrogens (tertiary/aromatic N) is 4. The van der Waals surface area contributed by atoms with E-state index in [4.69, 9.17) is 5.26 Å². The summed E-state index contributed by atoms with van der Waals surface area (Å²) in [5.41, 5.74) is 1.01. The van der Waals surface area contributed by atoms with Crippen LogP contribution in [0.15, 0.2) is 29.2 Å². The van der Waals surface area contributed by atoms with E-state index >= 15 is 0 Å². The monoisotopic (exact) mass is 201 g/mol. The molecule has 6 nitrogen and oxygen atoms in total. The molecule has 0 radical (unpaired) electrons. The smallest absolute Gasteiger partial charge is 0.182 e. The highest BCUT2D eigenvalue weighted by Gasteiger charge is 2.03. The molecule has 1 N–H and O–H groups in total. The number of rotatable bonds is 3. The predicted molar refractivity (Wildman–Crippen MR) is 50.6 cm³/mol. The van der Waals surface area contributed by atoms with E-state index < -0.39 is 0 Å². The lowest BCUT2D eigenvalue weighted by atomic mass is 10.4. The molecule has 2 aromatic rings. The molecular formula is C9H7N5O. The molecule has 0 aliphatic heterocycles. The standard InChI is InChI=1S/C9H7N5O/c10-5-8-9(12-3-2-11-8)13-6-7-1-4-15-14-7/h1-4H,6H2,(H,12,13). The van der Waals surface area contributed by atoms with Gasteiger partial charge < -0.3 is 9.84 Å². The average Bonchev–Trinajstić information content (AvgIpc) is 2.79. The summed E-state index contributed by atoms with van der Waals surface area (Å²) < 4.78 is 4.67. The fourth-order valence-electron chi connectivity index (χ4n) is 1.05. The van der Waals surface area contributed by atoms with Crippen molar-refractivity contribution < 1.29 is 4.52 Å². The van der Waals surface area contributed by atoms with E-state index in [-0.39, 0.29) is 5.69 Å². The first-order chi connectivity index (χ1) is 7.40. The molecule has 0 atom stereocenters. The number of hydrogen-bond acceptors (Lipinski definition) is 6. The Morgan fingerprint density at radius 2 is 2.27 bits per heavy atom. The number of anilines is 1. The van der Waals surface area contributed by atoms with Crippen LogP contribution in [0.2, 0.25) is 0 Å². The van der Waals surface area contributed by atoms with Gasteiger partial charge in [-0.05, 0) is 0 Å². The lowest BCUT2D eigenvalue weighted by Crippen LogP contribution is -2.04. The molecule has 2 aromatic heterocycles. The molecule has 0 fully saturated rings. The highest BCUT2D eigenvalue weighted by atomic mass is 16.5. The molecule has 0 saturated heterocycles. The first-order valence-corrected chi connectivity index (χ1v) is 4.24. The number of hydrogen-bond donors (Lipinski definition) is 1. The summed E-state index contributed by atoms with van der Waals surface area (Å²) >= 11 is 0. The highest BCUT2D eigenvalue weighted by Crippen LogP contribution is 2.07. The van der Waals surface area contributed by atoms with Crippen molar-refractivity contribution in [1.82, 2.24) is 15.1 Å². The Balaban J connectivity index is 2.08. The summed E-state index contributed by atoms with van der Waals surface area (Å²) in [5.74, 6) is 0.447. The fraction of sp³-hybridized carbons (Fsp3) is 0.111. The molecule has 0 bridgehead atoms. The summed E-state index contributed by atoms with van der Waals surface area (Å²) in [5, 5.41) is 15.4. The second-order valence-electron chi connectivity index (χ2n) is 2.71. The Labute approximate surface area is 85.6 Å². The zero-order valence-corrected chi connectivity index (χ0v) is 7.71. The van der Waals surface area contributed by atoms with Crippen LogP contribution in [-0.2, 0) is 6.54 Å². The highest BCUT2D eigenvalue weighted by molar-refractivity contribution is 5.46. The van der Waals surface area contributed by atoms with Crippen LogP contribution in [0.3, 0.4) is 0 Å². The van der Waals surface area contributed by atoms with Gasteiger partial charge in [-0.3, -0.25) is 0 Å². The molecular weight excluding hydrogens is 194 g/mol. The molecule has 74 valence electrons. The summed E-state index contributed by atoms with van der Waals surface area (Å²) in [6.07, 6.45) is 4.48. The predicted octanol–water partition coefficient (Wildman–Crippen LogP) is 0.948. The molecule has 2 rings (SSSR count). The minimum atomic E-state index is 0.265. The van der Waals surface area contributed by atoms with Gasteiger partial charge in [0.05, 0.1) is 6.54 Å². The van der Waals surface area contributed by atoms with Gasteiger partial charge in [0, 0.05) is 18.5 Å². The molecule has 2 heterocycles. The van der Waals surface area contributed by atoms with Gasteiger partial charge in [0.2, 0.25) is 0 Å². The van der Waals surface area contributed by atoms with Gasteiger partial charge in [0.15, 0.2) is 11.5 Å². The van der Waals surface area contributed by atoms with Crippen molar-refractivity contribution in [2.24, 2.45) is 0 Å². The van der Waals surface area contributed by atoms with Crippen molar-refractivity contribution in [3.05, 3.63) is 36.1 Å². The van der Waals surface area contributed by atoms with Crippen molar-refractivity contribution in [2.75, 3.05) is 5.32 Å². The molecule has 0 aromatic carbocycles. The Kier molecular flexibility index (Phi) is 2.56. The second-order valence-corrected chi connectivity index (χ2v) is 2.71. The molecule has 0 spiro atoms. The molecule has 0 unspecified atom stereocenters. The average molecular weight is 201 g/mol. The first kappa shape index (κ1) is 9.15. The minimum absolute atomic E-state index is 0.265. The van der Waals surface area contributed by atoms with Crippen LogP contribution >= 0.6 is 0 Å². The van der Waals surface area contributed by atoms with E-state index in [1.54, 1.807) is 6.07 Å². The van der Waals surface area contributed by atoms with Gasteiger partial charge in [-0.25, -0.2) is 9.97 Å². The largest absolute Gasteiger partial charge is 0.364 e. The number of aromatic nitrogens is 3. The zero-order valence-electron chi connectivity index (χ0n) is 7.71. The molecule has 15 heavy (non-hydrogen) atoms. The van der Waals surface area contributed by atoms with E-state index in [0.29, 0.717) is 12.4 Å². The second kappa shape index (κ2) is 4.19. The van der Waals surface area contributed by atoms with Crippen molar-refractivity contribution in [3.8, 4) is 6.07 Å². The van der Waals surface area contributed by atoms with Gasteiger partial charge in [-0.1, -0.05) is 5.16 Å². The molecule has 0 aliphatic carbocycles. The van der Waals surface area contributed by atoms with Gasteiger partial charge in [0.1, 0.15) is 18.0 Å². The minimum Gasteiger partial charge on any atom is -0.364 e. The molecule has 6 heteroatoms. The number of nitriles is 1. The lowest BCUT2D eigenvalue weighted by molar-refractivity contribution is 0.412. The van der Waals surface area contributed by atoms with Crippen LogP contribution in [0, 0.1) is 11.3 Å². The van der Waals surface area contributed by atoms with Crippen LogP contribution in [0.5, 0.6) is 0 Å². The van der Waals surface area contributed by atoms with Crippen LogP contribution in [0.4, 0.5) is 5.82 Å². The third kappa shape index (κ3) is 2.08. The Bertz CT molecular complexity index is 473. The third-order valence-corrected chi connectivity index (χ3v) is 1.73. The Morgan fingerprint density at radius 1 is 1.40 bits per heavy atom. The van der Waals surface area contributed by atoms with Crippen LogP contribution in [-0.4, -0.2) is 15.1 Å².